The average Bonchev–Trinajstić information content (AvgIpc) is 1.66. The van der Waals surface area contributed by atoms with E-state index < -0.39 is 0 Å². The molecule has 0 radical (unpaired) electrons. The van der Waals surface area contributed by atoms with Crippen LogP contribution in [0.1, 0.15) is 26.2 Å². The van der Waals surface area contributed by atoms with Crippen molar-refractivity contribution in [3.63, 3.8) is 0 Å². The summed E-state index contributed by atoms with van der Waals surface area (Å²) in [5.41, 5.74) is 0. The summed E-state index contributed by atoms with van der Waals surface area (Å²) in [7, 11) is 0. The van der Waals surface area contributed by atoms with Crippen molar-refractivity contribution in [1.29, 1.82) is 0 Å². The number of unbranched alkanes of at least 4 members (excludes halogenated alkanes) is 1. The van der Waals surface area contributed by atoms with Crippen LogP contribution in [-0.2, 0) is 0 Å². The molecule has 0 aliphatic rings. The molecular weight excluding hydrogens is 107 g/mol. The van der Waals surface area contributed by atoms with E-state index in [0.29, 0.717) is 6.42 Å². The highest BCUT2D eigenvalue weighted by Crippen LogP contribution is 1.98. The third-order valence-corrected chi connectivity index (χ3v) is 1.01. The monoisotopic (exact) mass is 120 g/mol. The zero-order valence-electron chi connectivity index (χ0n) is 5.23. The third kappa shape index (κ3) is 5.89. The van der Waals surface area contributed by atoms with Crippen LogP contribution in [-0.4, -0.2) is 17.9 Å². The van der Waals surface area contributed by atoms with Crippen molar-refractivity contribution in [1.82, 2.24) is 0 Å². The first-order chi connectivity index (χ1) is 3.77. The van der Waals surface area contributed by atoms with Crippen LogP contribution in [0.25, 0.3) is 0 Å². The number of hydrogen-bond acceptors (Lipinski definition) is 1. The molecule has 0 aromatic heterocycles. The zero-order chi connectivity index (χ0) is 6.41. The van der Waals surface area contributed by atoms with E-state index in [4.69, 9.17) is 5.11 Å². The predicted octanol–water partition coefficient (Wildman–Crippen LogP) is 1.51. The molecule has 0 aromatic carbocycles. The lowest BCUT2D eigenvalue weighted by Gasteiger charge is -1.99. The maximum Gasteiger partial charge on any atom is 0.0894 e. The topological polar surface area (TPSA) is 20.2 Å². The van der Waals surface area contributed by atoms with E-state index in [1.165, 1.54) is 0 Å². The molecule has 0 unspecified atom stereocenters. The highest BCUT2D eigenvalue weighted by molar-refractivity contribution is 4.46. The van der Waals surface area contributed by atoms with Gasteiger partial charge in [0.25, 0.3) is 0 Å². The van der Waals surface area contributed by atoms with Crippen molar-refractivity contribution < 1.29 is 9.50 Å². The standard InChI is InChI=1S/C6H13FO/c1-6(8)4-2-3-5-7/h6,8H,2-5H2,1H3/t6-/m1/s1. The molecule has 8 heavy (non-hydrogen) atoms. The highest BCUT2D eigenvalue weighted by atomic mass is 19.1. The van der Waals surface area contributed by atoms with Crippen LogP contribution < -0.4 is 0 Å². The first-order valence-corrected chi connectivity index (χ1v) is 3.01. The van der Waals surface area contributed by atoms with Gasteiger partial charge in [-0.15, -0.1) is 0 Å². The summed E-state index contributed by atoms with van der Waals surface area (Å²) in [6.07, 6.45) is 1.85. The van der Waals surface area contributed by atoms with Gasteiger partial charge in [0, 0.05) is 0 Å². The van der Waals surface area contributed by atoms with Crippen LogP contribution >= 0.6 is 0 Å². The van der Waals surface area contributed by atoms with Crippen molar-refractivity contribution in [2.45, 2.75) is 32.3 Å². The van der Waals surface area contributed by atoms with E-state index in [9.17, 15) is 4.39 Å². The van der Waals surface area contributed by atoms with Crippen molar-refractivity contribution in [2.75, 3.05) is 6.67 Å². The summed E-state index contributed by atoms with van der Waals surface area (Å²) in [6, 6.07) is 0. The molecule has 0 rings (SSSR count). The Labute approximate surface area is 49.5 Å². The van der Waals surface area contributed by atoms with Gasteiger partial charge in [-0.05, 0) is 26.2 Å². The summed E-state index contributed by atoms with van der Waals surface area (Å²) in [6.45, 7) is 1.46. The van der Waals surface area contributed by atoms with E-state index in [1.807, 2.05) is 0 Å². The molecule has 0 aromatic rings. The molecular formula is C6H13FO. The Morgan fingerprint density at radius 2 is 2.12 bits per heavy atom. The van der Waals surface area contributed by atoms with Crippen molar-refractivity contribution in [2.24, 2.45) is 0 Å². The molecule has 1 N–H and O–H groups in total. The first kappa shape index (κ1) is 7.89. The molecule has 0 spiro atoms. The smallest absolute Gasteiger partial charge is 0.0894 e. The van der Waals surface area contributed by atoms with E-state index >= 15 is 0 Å². The second-order valence-corrected chi connectivity index (χ2v) is 2.03. The number of halogens is 1. The van der Waals surface area contributed by atoms with E-state index in [2.05, 4.69) is 0 Å². The highest BCUT2D eigenvalue weighted by Gasteiger charge is 1.93. The maximum absolute atomic E-state index is 11.4. The Hall–Kier alpha value is -0.110. The molecule has 1 nitrogen and oxygen atoms in total. The molecule has 0 bridgehead atoms. The maximum atomic E-state index is 11.4. The van der Waals surface area contributed by atoms with Gasteiger partial charge in [-0.25, -0.2) is 0 Å². The van der Waals surface area contributed by atoms with Crippen LogP contribution in [0.3, 0.4) is 0 Å². The molecule has 0 aliphatic carbocycles. The second kappa shape index (κ2) is 5.04. The predicted molar refractivity (Wildman–Crippen MR) is 31.5 cm³/mol. The fourth-order valence-electron chi connectivity index (χ4n) is 0.534. The fourth-order valence-corrected chi connectivity index (χ4v) is 0.534. The normalized spacial score (nSPS) is 13.9. The molecule has 0 amide bonds. The van der Waals surface area contributed by atoms with E-state index in [0.717, 1.165) is 12.8 Å². The lowest BCUT2D eigenvalue weighted by Crippen LogP contribution is -1.98. The zero-order valence-corrected chi connectivity index (χ0v) is 5.23. The Morgan fingerprint density at radius 3 is 2.50 bits per heavy atom. The fraction of sp³-hybridized carbons (Fsp3) is 1.00. The summed E-state index contributed by atoms with van der Waals surface area (Å²) in [5, 5.41) is 8.66. The summed E-state index contributed by atoms with van der Waals surface area (Å²) in [4.78, 5) is 0. The number of aliphatic hydroxyl groups excluding tert-OH is 1. The van der Waals surface area contributed by atoms with Crippen LogP contribution in [0.2, 0.25) is 0 Å². The number of alkyl halides is 1. The van der Waals surface area contributed by atoms with Gasteiger partial charge in [-0.3, -0.25) is 4.39 Å². The van der Waals surface area contributed by atoms with Crippen LogP contribution in [0.4, 0.5) is 4.39 Å². The van der Waals surface area contributed by atoms with Gasteiger partial charge in [0.1, 0.15) is 0 Å². The van der Waals surface area contributed by atoms with Crippen molar-refractivity contribution in [3.05, 3.63) is 0 Å². The van der Waals surface area contributed by atoms with Crippen molar-refractivity contribution in [3.8, 4) is 0 Å². The third-order valence-electron chi connectivity index (χ3n) is 1.01. The number of rotatable bonds is 4. The Bertz CT molecular complexity index is 45.8. The van der Waals surface area contributed by atoms with Gasteiger partial charge < -0.3 is 5.11 Å². The molecule has 0 saturated carbocycles. The van der Waals surface area contributed by atoms with E-state index in [-0.39, 0.29) is 12.8 Å². The van der Waals surface area contributed by atoms with Crippen LogP contribution in [0.15, 0.2) is 0 Å². The molecule has 0 saturated heterocycles. The molecule has 50 valence electrons. The summed E-state index contributed by atoms with van der Waals surface area (Å²) >= 11 is 0. The van der Waals surface area contributed by atoms with Gasteiger partial charge in [0.2, 0.25) is 0 Å². The Kier molecular flexibility index (Phi) is 4.97. The van der Waals surface area contributed by atoms with Gasteiger partial charge in [-0.1, -0.05) is 0 Å². The van der Waals surface area contributed by atoms with Gasteiger partial charge in [-0.2, -0.15) is 0 Å². The first-order valence-electron chi connectivity index (χ1n) is 3.01. The van der Waals surface area contributed by atoms with Crippen molar-refractivity contribution >= 4 is 0 Å². The number of aliphatic hydroxyl groups is 1. The molecule has 0 aliphatic heterocycles. The van der Waals surface area contributed by atoms with E-state index in [1.54, 1.807) is 6.92 Å². The Morgan fingerprint density at radius 1 is 1.50 bits per heavy atom. The van der Waals surface area contributed by atoms with Crippen LogP contribution in [0.5, 0.6) is 0 Å². The molecule has 0 fully saturated rings. The summed E-state index contributed by atoms with van der Waals surface area (Å²) < 4.78 is 11.4. The minimum Gasteiger partial charge on any atom is -0.393 e. The SMILES string of the molecule is C[C@@H](O)CCCCF. The average molecular weight is 120 g/mol. The molecule has 1 atom stereocenters. The van der Waals surface area contributed by atoms with Crippen LogP contribution in [0, 0.1) is 0 Å². The minimum absolute atomic E-state index is 0.257. The molecule has 0 heterocycles. The van der Waals surface area contributed by atoms with Gasteiger partial charge in [0.05, 0.1) is 12.8 Å². The Balaban J connectivity index is 2.72. The second-order valence-electron chi connectivity index (χ2n) is 2.03. The van der Waals surface area contributed by atoms with Gasteiger partial charge in [0.15, 0.2) is 0 Å². The quantitative estimate of drug-likeness (QED) is 0.557. The largest absolute Gasteiger partial charge is 0.393 e. The minimum atomic E-state index is -0.262. The van der Waals surface area contributed by atoms with Gasteiger partial charge >= 0.3 is 0 Å². The summed E-state index contributed by atoms with van der Waals surface area (Å²) in [5.74, 6) is 0. The molecule has 2 heteroatoms. The lowest BCUT2D eigenvalue weighted by atomic mass is 10.2. The number of hydrogen-bond donors (Lipinski definition) is 1. The lowest BCUT2D eigenvalue weighted by molar-refractivity contribution is 0.179.